The van der Waals surface area contributed by atoms with Gasteiger partial charge in [0.2, 0.25) is 0 Å². The number of H-pyrrole nitrogens is 1. The van der Waals surface area contributed by atoms with Crippen LogP contribution in [-0.4, -0.2) is 30.1 Å². The van der Waals surface area contributed by atoms with Gasteiger partial charge < -0.3 is 19.8 Å². The minimum absolute atomic E-state index is 0.249. The van der Waals surface area contributed by atoms with Crippen LogP contribution < -0.4 is 5.32 Å². The number of carbonyl (C=O) groups excluding carboxylic acids is 2. The van der Waals surface area contributed by atoms with E-state index in [4.69, 9.17) is 9.47 Å². The van der Waals surface area contributed by atoms with Gasteiger partial charge in [-0.3, -0.25) is 0 Å². The van der Waals surface area contributed by atoms with Gasteiger partial charge in [0, 0.05) is 33.0 Å². The first-order valence-corrected chi connectivity index (χ1v) is 9.97. The molecule has 0 bridgehead atoms. The highest BCUT2D eigenvalue weighted by Gasteiger charge is 2.39. The number of halogens is 1. The summed E-state index contributed by atoms with van der Waals surface area (Å²) in [4.78, 5) is 28.9. The normalized spacial score (nSPS) is 15.0. The van der Waals surface area contributed by atoms with E-state index >= 15 is 0 Å². The Bertz CT molecular complexity index is 963. The molecule has 1 aliphatic heterocycles. The lowest BCUT2D eigenvalue weighted by Gasteiger charge is -2.30. The minimum Gasteiger partial charge on any atom is -0.463 e. The Kier molecular flexibility index (Phi) is 5.93. The van der Waals surface area contributed by atoms with E-state index < -0.39 is 17.9 Å². The lowest BCUT2D eigenvalue weighted by molar-refractivity contribution is -0.139. The average molecular weight is 447 g/mol. The molecule has 2 N–H and O–H groups in total. The number of aromatic amines is 1. The van der Waals surface area contributed by atoms with Crippen LogP contribution in [0.15, 0.2) is 51.4 Å². The maximum Gasteiger partial charge on any atom is 0.336 e. The summed E-state index contributed by atoms with van der Waals surface area (Å²) >= 11 is 3.50. The largest absolute Gasteiger partial charge is 0.463 e. The second-order valence-electron chi connectivity index (χ2n) is 6.51. The summed E-state index contributed by atoms with van der Waals surface area (Å²) in [6.45, 7) is 7.65. The number of aromatic nitrogens is 1. The summed E-state index contributed by atoms with van der Waals surface area (Å²) in [6, 6.07) is 5.86. The van der Waals surface area contributed by atoms with Crippen molar-refractivity contribution in [2.45, 2.75) is 33.6 Å². The molecule has 0 radical (unpaired) electrons. The summed E-state index contributed by atoms with van der Waals surface area (Å²) in [7, 11) is 0. The van der Waals surface area contributed by atoms with Crippen LogP contribution in [0.3, 0.4) is 0 Å². The highest BCUT2D eigenvalue weighted by Crippen LogP contribution is 2.42. The third kappa shape index (κ3) is 3.58. The van der Waals surface area contributed by atoms with Crippen molar-refractivity contribution >= 4 is 38.8 Å². The summed E-state index contributed by atoms with van der Waals surface area (Å²) < 4.78 is 11.5. The van der Waals surface area contributed by atoms with E-state index in [1.165, 1.54) is 0 Å². The van der Waals surface area contributed by atoms with Crippen LogP contribution in [0.25, 0.3) is 10.9 Å². The predicted octanol–water partition coefficient (Wildman–Crippen LogP) is 4.29. The molecule has 1 aromatic carbocycles. The van der Waals surface area contributed by atoms with Gasteiger partial charge in [0.15, 0.2) is 0 Å². The monoisotopic (exact) mass is 446 g/mol. The SMILES string of the molecule is CCOC(=O)C1=C(C)NC(C)=C(C(=O)OCC)C1c1c[nH]c2ccc(Br)cc12. The number of rotatable bonds is 5. The number of fused-ring (bicyclic) bond motifs is 1. The molecule has 0 spiro atoms. The van der Waals surface area contributed by atoms with Gasteiger partial charge in [-0.1, -0.05) is 15.9 Å². The Balaban J connectivity index is 2.26. The Labute approximate surface area is 172 Å². The van der Waals surface area contributed by atoms with E-state index in [0.29, 0.717) is 22.5 Å². The Morgan fingerprint density at radius 3 is 2.14 bits per heavy atom. The first kappa shape index (κ1) is 20.2. The molecule has 0 amide bonds. The van der Waals surface area contributed by atoms with Crippen molar-refractivity contribution in [3.8, 4) is 0 Å². The predicted molar refractivity (Wildman–Crippen MR) is 111 cm³/mol. The maximum absolute atomic E-state index is 12.8. The highest BCUT2D eigenvalue weighted by molar-refractivity contribution is 9.10. The van der Waals surface area contributed by atoms with E-state index in [1.807, 2.05) is 38.2 Å². The molecule has 3 rings (SSSR count). The van der Waals surface area contributed by atoms with Crippen molar-refractivity contribution in [3.05, 3.63) is 57.0 Å². The molecule has 1 aliphatic rings. The Morgan fingerprint density at radius 1 is 1.04 bits per heavy atom. The van der Waals surface area contributed by atoms with E-state index in [-0.39, 0.29) is 13.2 Å². The number of hydrogen-bond donors (Lipinski definition) is 2. The first-order chi connectivity index (χ1) is 13.4. The molecule has 2 aromatic rings. The Morgan fingerprint density at radius 2 is 1.61 bits per heavy atom. The maximum atomic E-state index is 12.8. The van der Waals surface area contributed by atoms with Gasteiger partial charge >= 0.3 is 11.9 Å². The lowest BCUT2D eigenvalue weighted by Crippen LogP contribution is -2.32. The number of esters is 2. The summed E-state index contributed by atoms with van der Waals surface area (Å²) in [5.74, 6) is -1.49. The molecule has 0 saturated carbocycles. The van der Waals surface area contributed by atoms with E-state index in [9.17, 15) is 9.59 Å². The van der Waals surface area contributed by atoms with Gasteiger partial charge in [0.25, 0.3) is 0 Å². The second-order valence-corrected chi connectivity index (χ2v) is 7.43. The van der Waals surface area contributed by atoms with Crippen LogP contribution in [0.5, 0.6) is 0 Å². The molecule has 1 aromatic heterocycles. The fourth-order valence-electron chi connectivity index (χ4n) is 3.62. The van der Waals surface area contributed by atoms with Gasteiger partial charge in [-0.2, -0.15) is 0 Å². The van der Waals surface area contributed by atoms with Crippen LogP contribution in [0, 0.1) is 0 Å². The van der Waals surface area contributed by atoms with Gasteiger partial charge in [-0.05, 0) is 51.5 Å². The van der Waals surface area contributed by atoms with E-state index in [1.54, 1.807) is 13.8 Å². The van der Waals surface area contributed by atoms with Crippen LogP contribution >= 0.6 is 15.9 Å². The molecular weight excluding hydrogens is 424 g/mol. The molecule has 28 heavy (non-hydrogen) atoms. The van der Waals surface area contributed by atoms with Crippen LogP contribution in [-0.2, 0) is 19.1 Å². The molecule has 0 saturated heterocycles. The number of carbonyl (C=O) groups is 2. The zero-order valence-corrected chi connectivity index (χ0v) is 17.9. The van der Waals surface area contributed by atoms with Crippen molar-refractivity contribution in [2.24, 2.45) is 0 Å². The molecule has 0 aliphatic carbocycles. The number of ether oxygens (including phenoxy) is 2. The number of allylic oxidation sites excluding steroid dienone is 2. The molecule has 0 atom stereocenters. The molecule has 0 unspecified atom stereocenters. The number of hydrogen-bond acceptors (Lipinski definition) is 5. The van der Waals surface area contributed by atoms with Gasteiger partial charge in [0.1, 0.15) is 0 Å². The average Bonchev–Trinajstić information content (AvgIpc) is 3.03. The first-order valence-electron chi connectivity index (χ1n) is 9.18. The third-order valence-electron chi connectivity index (χ3n) is 4.74. The molecular formula is C21H23BrN2O4. The second kappa shape index (κ2) is 8.22. The van der Waals surface area contributed by atoms with Crippen LogP contribution in [0.1, 0.15) is 39.2 Å². The lowest BCUT2D eigenvalue weighted by atomic mass is 9.80. The minimum atomic E-state index is -0.595. The van der Waals surface area contributed by atoms with Crippen LogP contribution in [0.2, 0.25) is 0 Å². The van der Waals surface area contributed by atoms with E-state index in [0.717, 1.165) is 20.9 Å². The number of nitrogens with one attached hydrogen (secondary N) is 2. The summed E-state index contributed by atoms with van der Waals surface area (Å²) in [5.41, 5.74) is 3.89. The molecule has 2 heterocycles. The number of dihydropyridines is 1. The third-order valence-corrected chi connectivity index (χ3v) is 5.23. The summed E-state index contributed by atoms with van der Waals surface area (Å²) in [5, 5.41) is 4.07. The zero-order chi connectivity index (χ0) is 20.4. The van der Waals surface area contributed by atoms with Gasteiger partial charge in [-0.25, -0.2) is 9.59 Å². The van der Waals surface area contributed by atoms with Crippen molar-refractivity contribution in [3.63, 3.8) is 0 Å². The van der Waals surface area contributed by atoms with Crippen molar-refractivity contribution in [1.29, 1.82) is 0 Å². The highest BCUT2D eigenvalue weighted by atomic mass is 79.9. The van der Waals surface area contributed by atoms with E-state index in [2.05, 4.69) is 26.2 Å². The standard InChI is InChI=1S/C21H23BrN2O4/c1-5-27-20(25)17-11(3)24-12(4)18(21(26)28-6-2)19(17)15-10-23-16-8-7-13(22)9-14(15)16/h7-10,19,23-24H,5-6H2,1-4H3. The van der Waals surface area contributed by atoms with Crippen molar-refractivity contribution in [1.82, 2.24) is 10.3 Å². The molecule has 0 fully saturated rings. The van der Waals surface area contributed by atoms with Crippen LogP contribution in [0.4, 0.5) is 0 Å². The molecule has 6 nitrogen and oxygen atoms in total. The van der Waals surface area contributed by atoms with Crippen molar-refractivity contribution < 1.29 is 19.1 Å². The molecule has 7 heteroatoms. The van der Waals surface area contributed by atoms with Gasteiger partial charge in [0.05, 0.1) is 30.3 Å². The fourth-order valence-corrected chi connectivity index (χ4v) is 3.98. The fraction of sp³-hybridized carbons (Fsp3) is 0.333. The quantitative estimate of drug-likeness (QED) is 0.669. The van der Waals surface area contributed by atoms with Crippen molar-refractivity contribution in [2.75, 3.05) is 13.2 Å². The zero-order valence-electron chi connectivity index (χ0n) is 16.3. The number of benzene rings is 1. The van der Waals surface area contributed by atoms with Gasteiger partial charge in [-0.15, -0.1) is 0 Å². The molecule has 148 valence electrons. The smallest absolute Gasteiger partial charge is 0.336 e. The topological polar surface area (TPSA) is 80.4 Å². The Hall–Kier alpha value is -2.54. The summed E-state index contributed by atoms with van der Waals surface area (Å²) in [6.07, 6.45) is 1.84.